The quantitative estimate of drug-likeness (QED) is 0.0953. The fourth-order valence-corrected chi connectivity index (χ4v) is 6.82. The highest BCUT2D eigenvalue weighted by Gasteiger charge is 2.57. The molecule has 196 valence electrons. The Morgan fingerprint density at radius 3 is 2.65 bits per heavy atom. The van der Waals surface area contributed by atoms with E-state index in [2.05, 4.69) is 19.8 Å². The maximum atomic E-state index is 13.1. The topological polar surface area (TPSA) is 175 Å². The molecule has 13 nitrogen and oxygen atoms in total. The molecule has 16 heteroatoms. The lowest BCUT2D eigenvalue weighted by Crippen LogP contribution is -2.74. The van der Waals surface area contributed by atoms with Gasteiger partial charge < -0.3 is 25.4 Å². The number of alkyl halides is 1. The number of esters is 1. The summed E-state index contributed by atoms with van der Waals surface area (Å²) in [6, 6.07) is 5.82. The second-order valence-corrected chi connectivity index (χ2v) is 10.7. The Labute approximate surface area is 231 Å². The molecule has 1 fully saturated rings. The van der Waals surface area contributed by atoms with E-state index in [9.17, 15) is 18.6 Å². The van der Waals surface area contributed by atoms with Gasteiger partial charge in [-0.05, 0) is 23.3 Å². The molecule has 4 rings (SSSR count). The van der Waals surface area contributed by atoms with Crippen molar-refractivity contribution in [3.05, 3.63) is 46.9 Å². The lowest BCUT2D eigenvalue weighted by Gasteiger charge is -2.49. The molecule has 3 atom stereocenters. The van der Waals surface area contributed by atoms with Gasteiger partial charge in [-0.1, -0.05) is 39.9 Å². The highest BCUT2D eigenvalue weighted by atomic mass is 127. The molecule has 0 saturated carbocycles. The first kappa shape index (κ1) is 26.9. The molecule has 3 N–H and O–H groups in total. The van der Waals surface area contributed by atoms with E-state index >= 15 is 0 Å². The first-order valence-electron chi connectivity index (χ1n) is 10.6. The fraction of sp³-hybridized carbons (Fsp3) is 0.333. The number of nitrogens with two attached hydrogens (primary N) is 1. The van der Waals surface area contributed by atoms with E-state index in [-0.39, 0.29) is 34.7 Å². The summed E-state index contributed by atoms with van der Waals surface area (Å²) in [5, 5.41) is 5.30. The average molecular weight is 660 g/mol. The zero-order chi connectivity index (χ0) is 26.7. The van der Waals surface area contributed by atoms with E-state index < -0.39 is 40.0 Å². The van der Waals surface area contributed by atoms with Gasteiger partial charge in [-0.25, -0.2) is 4.79 Å². The minimum atomic E-state index is -1.58. The molecule has 2 unspecified atom stereocenters. The molecule has 37 heavy (non-hydrogen) atoms. The molecular formula is C21H21IN6O7S2. The number of ether oxygens (including phenoxy) is 2. The van der Waals surface area contributed by atoms with Gasteiger partial charge in [-0.2, -0.15) is 9.36 Å². The Morgan fingerprint density at radius 2 is 2.05 bits per heavy atom. The minimum Gasteiger partial charge on any atom is -0.497 e. The number of halogens is 1. The third-order valence-electron chi connectivity index (χ3n) is 5.43. The van der Waals surface area contributed by atoms with Gasteiger partial charge in [0.1, 0.15) is 36.6 Å². The Balaban J connectivity index is 1.50. The van der Waals surface area contributed by atoms with Crippen LogP contribution in [0.4, 0.5) is 5.13 Å². The van der Waals surface area contributed by atoms with Crippen molar-refractivity contribution < 1.29 is 32.9 Å². The Bertz CT molecular complexity index is 1310. The predicted octanol–water partition coefficient (Wildman–Crippen LogP) is 0.327. The van der Waals surface area contributed by atoms with Crippen molar-refractivity contribution in [2.24, 2.45) is 5.16 Å². The van der Waals surface area contributed by atoms with E-state index in [1.807, 2.05) is 22.6 Å². The second-order valence-electron chi connectivity index (χ2n) is 7.66. The lowest BCUT2D eigenvalue weighted by molar-refractivity contribution is -0.153. The number of carbonyl (C=O) groups is 3. The number of nitrogen functional groups attached to an aromatic ring is 1. The van der Waals surface area contributed by atoms with Crippen LogP contribution in [0.3, 0.4) is 0 Å². The number of aromatic nitrogens is 2. The Morgan fingerprint density at radius 1 is 1.32 bits per heavy atom. The number of rotatable bonds is 9. The van der Waals surface area contributed by atoms with Gasteiger partial charge in [0.15, 0.2) is 5.13 Å². The van der Waals surface area contributed by atoms with Crippen molar-refractivity contribution >= 4 is 73.5 Å². The van der Waals surface area contributed by atoms with E-state index in [1.54, 1.807) is 31.4 Å². The summed E-state index contributed by atoms with van der Waals surface area (Å²) in [6.45, 7) is -0.0303. The predicted molar refractivity (Wildman–Crippen MR) is 142 cm³/mol. The van der Waals surface area contributed by atoms with E-state index in [0.29, 0.717) is 15.8 Å². The minimum absolute atomic E-state index is 0.0303. The summed E-state index contributed by atoms with van der Waals surface area (Å²) in [4.78, 5) is 48.8. The van der Waals surface area contributed by atoms with Crippen LogP contribution in [-0.2, 0) is 41.4 Å². The molecule has 3 heterocycles. The first-order chi connectivity index (χ1) is 17.8. The van der Waals surface area contributed by atoms with Crippen LogP contribution in [0.1, 0.15) is 11.4 Å². The van der Waals surface area contributed by atoms with E-state index in [4.69, 9.17) is 20.0 Å². The SMILES string of the molecule is CO/N=C(\C(=O)NC1C(=O)N2C(C(=O)OCc3ccc(OC)cc3)=C(CI)CS(=O)[C@H]12)c1nsc(N)n1. The maximum Gasteiger partial charge on any atom is 0.355 e. The van der Waals surface area contributed by atoms with Crippen LogP contribution < -0.4 is 15.8 Å². The van der Waals surface area contributed by atoms with Crippen molar-refractivity contribution in [3.8, 4) is 5.75 Å². The van der Waals surface area contributed by atoms with Crippen LogP contribution in [0.25, 0.3) is 0 Å². The number of β-lactam (4-membered cyclic amide) rings is 1. The van der Waals surface area contributed by atoms with Gasteiger partial charge in [-0.15, -0.1) is 0 Å². The summed E-state index contributed by atoms with van der Waals surface area (Å²) in [7, 11) is 1.20. The van der Waals surface area contributed by atoms with Crippen LogP contribution in [0.2, 0.25) is 0 Å². The molecule has 1 aromatic heterocycles. The number of methoxy groups -OCH3 is 1. The maximum absolute atomic E-state index is 13.1. The Hall–Kier alpha value is -3.12. The monoisotopic (exact) mass is 660 g/mol. The van der Waals surface area contributed by atoms with Gasteiger partial charge in [0.05, 0.1) is 23.7 Å². The van der Waals surface area contributed by atoms with E-state index in [1.165, 1.54) is 7.11 Å². The summed E-state index contributed by atoms with van der Waals surface area (Å²) >= 11 is 2.90. The smallest absolute Gasteiger partial charge is 0.355 e. The highest BCUT2D eigenvalue weighted by Crippen LogP contribution is 2.36. The van der Waals surface area contributed by atoms with Crippen molar-refractivity contribution in [1.82, 2.24) is 19.6 Å². The first-order valence-corrected chi connectivity index (χ1v) is 14.3. The van der Waals surface area contributed by atoms with Gasteiger partial charge >= 0.3 is 5.97 Å². The van der Waals surface area contributed by atoms with Crippen LogP contribution in [-0.4, -0.2) is 77.8 Å². The summed E-state index contributed by atoms with van der Waals surface area (Å²) < 4.78 is 27.9. The molecule has 2 aliphatic heterocycles. The van der Waals surface area contributed by atoms with Crippen LogP contribution in [0, 0.1) is 0 Å². The Kier molecular flexibility index (Phi) is 8.38. The van der Waals surface area contributed by atoms with Crippen molar-refractivity contribution in [2.45, 2.75) is 18.0 Å². The van der Waals surface area contributed by atoms with Crippen molar-refractivity contribution in [3.63, 3.8) is 0 Å². The van der Waals surface area contributed by atoms with Gasteiger partial charge in [-0.3, -0.25) is 18.7 Å². The number of carbonyl (C=O) groups excluding carboxylic acids is 3. The van der Waals surface area contributed by atoms with Crippen molar-refractivity contribution in [2.75, 3.05) is 30.1 Å². The molecular weight excluding hydrogens is 639 g/mol. The van der Waals surface area contributed by atoms with Gasteiger partial charge in [0, 0.05) is 16.0 Å². The average Bonchev–Trinajstić information content (AvgIpc) is 3.33. The largest absolute Gasteiger partial charge is 0.497 e. The second kappa shape index (κ2) is 11.5. The number of fused-ring (bicyclic) bond motifs is 1. The number of hydrogen-bond donors (Lipinski definition) is 2. The fourth-order valence-electron chi connectivity index (χ4n) is 3.70. The number of nitrogens with zero attached hydrogens (tertiary/aromatic N) is 4. The molecule has 1 saturated heterocycles. The standard InChI is InChI=1S/C21H21IN6O7S2/c1-33-12-5-3-10(4-6-12)8-35-20(31)15-11(7-22)9-37(32)19-14(18(30)28(15)19)24-17(29)13(26-34-2)16-25-21(23)36-27-16/h3-6,14,19H,7-9H2,1-2H3,(H,24,29)(H2,23,25,27)/b26-13-/t14?,19-,37?/m1/s1. The number of benzene rings is 1. The molecule has 0 aliphatic carbocycles. The third-order valence-corrected chi connectivity index (χ3v) is 8.54. The number of hydrogen-bond acceptors (Lipinski definition) is 12. The number of amides is 2. The third kappa shape index (κ3) is 5.45. The summed E-state index contributed by atoms with van der Waals surface area (Å²) in [5.74, 6) is -1.50. The summed E-state index contributed by atoms with van der Waals surface area (Å²) in [6.07, 6.45) is 0. The molecule has 2 aliphatic rings. The molecule has 1 aromatic carbocycles. The van der Waals surface area contributed by atoms with Gasteiger partial charge in [0.2, 0.25) is 11.5 Å². The van der Waals surface area contributed by atoms with Crippen LogP contribution in [0.5, 0.6) is 5.75 Å². The number of anilines is 1. The summed E-state index contributed by atoms with van der Waals surface area (Å²) in [5.41, 5.74) is 6.58. The lowest BCUT2D eigenvalue weighted by atomic mass is 10.0. The molecule has 2 aromatic rings. The molecule has 0 radical (unpaired) electrons. The molecule has 0 spiro atoms. The normalized spacial score (nSPS) is 21.2. The van der Waals surface area contributed by atoms with Crippen LogP contribution >= 0.6 is 34.1 Å². The van der Waals surface area contributed by atoms with Crippen molar-refractivity contribution in [1.29, 1.82) is 0 Å². The zero-order valence-corrected chi connectivity index (χ0v) is 23.3. The molecule has 2 amide bonds. The highest BCUT2D eigenvalue weighted by molar-refractivity contribution is 14.1. The van der Waals surface area contributed by atoms with Gasteiger partial charge in [0.25, 0.3) is 11.8 Å². The zero-order valence-electron chi connectivity index (χ0n) is 19.5. The number of oxime groups is 1. The van der Waals surface area contributed by atoms with Crippen LogP contribution in [0.15, 0.2) is 40.7 Å². The number of nitrogens with one attached hydrogen (secondary N) is 1. The molecule has 0 bridgehead atoms. The van der Waals surface area contributed by atoms with E-state index in [0.717, 1.165) is 22.0 Å².